The van der Waals surface area contributed by atoms with E-state index < -0.39 is 0 Å². The van der Waals surface area contributed by atoms with Crippen LogP contribution in [-0.2, 0) is 22.4 Å². The minimum Gasteiger partial charge on any atom is -0.465 e. The maximum atomic E-state index is 15.1. The molecule has 0 aliphatic carbocycles. The summed E-state index contributed by atoms with van der Waals surface area (Å²) in [6, 6.07) is 4.99. The van der Waals surface area contributed by atoms with Gasteiger partial charge in [-0.15, -0.1) is 0 Å². The van der Waals surface area contributed by atoms with Gasteiger partial charge in [-0.25, -0.2) is 9.37 Å². The van der Waals surface area contributed by atoms with Gasteiger partial charge < -0.3 is 25.8 Å². The third kappa shape index (κ3) is 8.13. The van der Waals surface area contributed by atoms with E-state index in [0.717, 1.165) is 44.3 Å². The Bertz CT molecular complexity index is 1010. The first-order chi connectivity index (χ1) is 17.3. The zero-order valence-electron chi connectivity index (χ0n) is 21.7. The van der Waals surface area contributed by atoms with E-state index in [9.17, 15) is 9.90 Å². The predicted molar refractivity (Wildman–Crippen MR) is 139 cm³/mol. The zero-order chi connectivity index (χ0) is 26.1. The lowest BCUT2D eigenvalue weighted by molar-refractivity contribution is -0.144. The summed E-state index contributed by atoms with van der Waals surface area (Å²) in [6.45, 7) is 6.48. The Balaban J connectivity index is 1.65. The number of aromatic nitrogens is 2. The van der Waals surface area contributed by atoms with Crippen molar-refractivity contribution in [3.63, 3.8) is 0 Å². The van der Waals surface area contributed by atoms with E-state index >= 15 is 4.39 Å². The van der Waals surface area contributed by atoms with Crippen molar-refractivity contribution in [3.05, 3.63) is 46.4 Å². The first-order valence-corrected chi connectivity index (χ1v) is 12.9. The van der Waals surface area contributed by atoms with Crippen molar-refractivity contribution in [1.29, 1.82) is 0 Å². The summed E-state index contributed by atoms with van der Waals surface area (Å²) in [7, 11) is 2.10. The van der Waals surface area contributed by atoms with E-state index in [1.807, 2.05) is 6.92 Å². The van der Waals surface area contributed by atoms with Crippen LogP contribution in [0.3, 0.4) is 0 Å². The van der Waals surface area contributed by atoms with Crippen molar-refractivity contribution in [2.45, 2.75) is 64.8 Å². The van der Waals surface area contributed by atoms with Crippen LogP contribution in [0.5, 0.6) is 0 Å². The SMILES string of the molecule is CC[C@@H](CCCO)Nc1nc(N)nc(C)c1Cc1ccc(CC(=O)OCC2CCN(C)CC2)cc1F. The van der Waals surface area contributed by atoms with E-state index in [2.05, 4.69) is 34.2 Å². The number of ether oxygens (including phenoxy) is 1. The fraction of sp³-hybridized carbons (Fsp3) is 0.593. The van der Waals surface area contributed by atoms with Gasteiger partial charge in [-0.3, -0.25) is 4.79 Å². The number of nitrogen functional groups attached to an aromatic ring is 1. The highest BCUT2D eigenvalue weighted by Gasteiger charge is 2.20. The molecule has 1 aliphatic rings. The molecule has 3 rings (SSSR count). The molecule has 0 unspecified atom stereocenters. The third-order valence-electron chi connectivity index (χ3n) is 6.93. The number of carbonyl (C=O) groups excluding carboxylic acids is 1. The molecule has 36 heavy (non-hydrogen) atoms. The number of aliphatic hydroxyl groups excluding tert-OH is 1. The molecule has 2 heterocycles. The topological polar surface area (TPSA) is 114 Å². The van der Waals surface area contributed by atoms with Gasteiger partial charge >= 0.3 is 5.97 Å². The lowest BCUT2D eigenvalue weighted by Gasteiger charge is -2.28. The second kappa shape index (κ2) is 13.5. The first-order valence-electron chi connectivity index (χ1n) is 12.9. The predicted octanol–water partition coefficient (Wildman–Crippen LogP) is 3.49. The van der Waals surface area contributed by atoms with Crippen molar-refractivity contribution in [1.82, 2.24) is 14.9 Å². The van der Waals surface area contributed by atoms with Crippen LogP contribution in [0.1, 0.15) is 61.4 Å². The Hall–Kier alpha value is -2.78. The van der Waals surface area contributed by atoms with Crippen molar-refractivity contribution in [3.8, 4) is 0 Å². The maximum absolute atomic E-state index is 15.1. The van der Waals surface area contributed by atoms with Crippen molar-refractivity contribution < 1.29 is 19.0 Å². The summed E-state index contributed by atoms with van der Waals surface area (Å²) in [6.07, 6.45) is 4.70. The lowest BCUT2D eigenvalue weighted by Crippen LogP contribution is -2.32. The maximum Gasteiger partial charge on any atom is 0.310 e. The summed E-state index contributed by atoms with van der Waals surface area (Å²) >= 11 is 0. The second-order valence-corrected chi connectivity index (χ2v) is 9.82. The van der Waals surface area contributed by atoms with Gasteiger partial charge in [-0.1, -0.05) is 19.1 Å². The van der Waals surface area contributed by atoms with Crippen molar-refractivity contribution in [2.75, 3.05) is 44.4 Å². The molecular weight excluding hydrogens is 461 g/mol. The zero-order valence-corrected chi connectivity index (χ0v) is 21.7. The van der Waals surface area contributed by atoms with E-state index in [4.69, 9.17) is 10.5 Å². The number of piperidine rings is 1. The Morgan fingerprint density at radius 2 is 2.08 bits per heavy atom. The molecule has 1 atom stereocenters. The first kappa shape index (κ1) is 27.8. The monoisotopic (exact) mass is 501 g/mol. The molecular formula is C27H40FN5O3. The number of carbonyl (C=O) groups is 1. The van der Waals surface area contributed by atoms with E-state index in [-0.39, 0.29) is 43.2 Å². The van der Waals surface area contributed by atoms with Crippen LogP contribution in [0, 0.1) is 18.7 Å². The number of nitrogens with one attached hydrogen (secondary N) is 1. The number of aryl methyl sites for hydroxylation is 1. The summed E-state index contributed by atoms with van der Waals surface area (Å²) in [5.74, 6) is 0.429. The Morgan fingerprint density at radius 1 is 1.33 bits per heavy atom. The number of halogens is 1. The van der Waals surface area contributed by atoms with E-state index in [1.54, 1.807) is 12.1 Å². The van der Waals surface area contributed by atoms with Crippen molar-refractivity contribution in [2.24, 2.45) is 5.92 Å². The molecule has 1 aliphatic heterocycles. The molecule has 0 bridgehead atoms. The summed E-state index contributed by atoms with van der Waals surface area (Å²) in [5, 5.41) is 12.6. The molecule has 1 aromatic carbocycles. The van der Waals surface area contributed by atoms with Crippen LogP contribution in [0.25, 0.3) is 0 Å². The van der Waals surface area contributed by atoms with Crippen LogP contribution in [0.4, 0.5) is 16.2 Å². The fourth-order valence-corrected chi connectivity index (χ4v) is 4.55. The normalized spacial score (nSPS) is 15.6. The number of likely N-dealkylation sites (tertiary alicyclic amines) is 1. The number of hydrogen-bond donors (Lipinski definition) is 3. The highest BCUT2D eigenvalue weighted by molar-refractivity contribution is 5.72. The number of benzene rings is 1. The number of hydrogen-bond acceptors (Lipinski definition) is 8. The van der Waals surface area contributed by atoms with E-state index in [1.165, 1.54) is 6.07 Å². The van der Waals surface area contributed by atoms with Crippen LogP contribution in [0.15, 0.2) is 18.2 Å². The van der Waals surface area contributed by atoms with E-state index in [0.29, 0.717) is 41.6 Å². The minimum absolute atomic E-state index is 0.0453. The van der Waals surface area contributed by atoms with Gasteiger partial charge in [-0.05, 0) is 82.3 Å². The highest BCUT2D eigenvalue weighted by Crippen LogP contribution is 2.25. The summed E-state index contributed by atoms with van der Waals surface area (Å²) in [5.41, 5.74) is 8.42. The van der Waals surface area contributed by atoms with Gasteiger partial charge in [-0.2, -0.15) is 4.98 Å². The molecule has 1 aromatic heterocycles. The van der Waals surface area contributed by atoms with Gasteiger partial charge in [0.15, 0.2) is 0 Å². The van der Waals surface area contributed by atoms with Gasteiger partial charge in [0.05, 0.1) is 13.0 Å². The Labute approximate surface area is 213 Å². The molecule has 1 fully saturated rings. The van der Waals surface area contributed by atoms with Gasteiger partial charge in [0.2, 0.25) is 5.95 Å². The number of nitrogens with two attached hydrogens (primary N) is 1. The van der Waals surface area contributed by atoms with Crippen LogP contribution >= 0.6 is 0 Å². The highest BCUT2D eigenvalue weighted by atomic mass is 19.1. The van der Waals surface area contributed by atoms with Crippen LogP contribution in [0.2, 0.25) is 0 Å². The quantitative estimate of drug-likeness (QED) is 0.379. The fourth-order valence-electron chi connectivity index (χ4n) is 4.55. The van der Waals surface area contributed by atoms with Crippen molar-refractivity contribution >= 4 is 17.7 Å². The Kier molecular flexibility index (Phi) is 10.4. The van der Waals surface area contributed by atoms with Gasteiger partial charge in [0.25, 0.3) is 0 Å². The minimum atomic E-state index is -0.384. The number of anilines is 2. The number of esters is 1. The molecule has 0 amide bonds. The second-order valence-electron chi connectivity index (χ2n) is 9.82. The largest absolute Gasteiger partial charge is 0.465 e. The molecule has 0 radical (unpaired) electrons. The van der Waals surface area contributed by atoms with Crippen LogP contribution in [-0.4, -0.2) is 65.3 Å². The molecule has 9 heteroatoms. The summed E-state index contributed by atoms with van der Waals surface area (Å²) < 4.78 is 20.5. The Morgan fingerprint density at radius 3 is 2.75 bits per heavy atom. The molecule has 8 nitrogen and oxygen atoms in total. The molecule has 0 saturated carbocycles. The number of nitrogens with zero attached hydrogens (tertiary/aromatic N) is 3. The van der Waals surface area contributed by atoms with Gasteiger partial charge in [0.1, 0.15) is 11.6 Å². The number of aliphatic hydroxyl groups is 1. The van der Waals surface area contributed by atoms with Crippen LogP contribution < -0.4 is 11.1 Å². The lowest BCUT2D eigenvalue weighted by atomic mass is 9.98. The molecule has 198 valence electrons. The standard InChI is InChI=1S/C27H40FN5O3/c1-4-22(6-5-13-34)31-26-23(18(2)30-27(29)32-26)16-21-8-7-20(14-24(21)28)15-25(35)36-17-19-9-11-33(3)12-10-19/h7-8,14,19,22,34H,4-6,9-13,15-17H2,1-3H3,(H3,29,30,31,32)/t22-/m0/s1. The van der Waals surface area contributed by atoms with Gasteiger partial charge in [0, 0.05) is 30.3 Å². The average Bonchev–Trinajstić information content (AvgIpc) is 2.84. The molecule has 1 saturated heterocycles. The third-order valence-corrected chi connectivity index (χ3v) is 6.93. The average molecular weight is 502 g/mol. The molecule has 2 aromatic rings. The smallest absolute Gasteiger partial charge is 0.310 e. The molecule has 4 N–H and O–H groups in total. The summed E-state index contributed by atoms with van der Waals surface area (Å²) in [4.78, 5) is 23.3. The molecule has 0 spiro atoms. The number of rotatable bonds is 12.